The van der Waals surface area contributed by atoms with Gasteiger partial charge in [-0.2, -0.15) is 0 Å². The lowest BCUT2D eigenvalue weighted by Crippen LogP contribution is -2.20. The Labute approximate surface area is 158 Å². The van der Waals surface area contributed by atoms with Crippen LogP contribution in [0.3, 0.4) is 0 Å². The van der Waals surface area contributed by atoms with Gasteiger partial charge in [0.1, 0.15) is 22.8 Å². The second kappa shape index (κ2) is 9.04. The summed E-state index contributed by atoms with van der Waals surface area (Å²) in [5, 5.41) is 0.180. The quantitative estimate of drug-likeness (QED) is 0.476. The molecule has 0 bridgehead atoms. The van der Waals surface area contributed by atoms with Gasteiger partial charge in [0.2, 0.25) is 5.78 Å². The highest BCUT2D eigenvalue weighted by atomic mass is 31.2. The molecule has 0 amide bonds. The Morgan fingerprint density at radius 1 is 0.963 bits per heavy atom. The summed E-state index contributed by atoms with van der Waals surface area (Å²) < 4.78 is 39.5. The van der Waals surface area contributed by atoms with E-state index in [9.17, 15) is 9.36 Å². The van der Waals surface area contributed by atoms with Crippen LogP contribution in [-0.4, -0.2) is 40.8 Å². The van der Waals surface area contributed by atoms with Crippen molar-refractivity contribution < 1.29 is 32.6 Å². The predicted octanol–water partition coefficient (Wildman–Crippen LogP) is 3.44. The van der Waals surface area contributed by atoms with Gasteiger partial charge < -0.3 is 23.3 Å². The average molecular weight is 394 g/mol. The number of ether oxygens (including phenoxy) is 3. The third kappa shape index (κ3) is 4.16. The third-order valence-electron chi connectivity index (χ3n) is 3.93. The van der Waals surface area contributed by atoms with Gasteiger partial charge in [0, 0.05) is 24.8 Å². The van der Waals surface area contributed by atoms with E-state index in [1.165, 1.54) is 28.4 Å². The SMILES string of the molecule is CCOP(=O)(OC)c1ccccc1C(=O)c1c(OC)cc(OC)cc1OC. The molecular weight excluding hydrogens is 371 g/mol. The second-order valence-corrected chi connectivity index (χ2v) is 7.45. The maximum atomic E-state index is 13.4. The first kappa shape index (κ1) is 21.0. The predicted molar refractivity (Wildman–Crippen MR) is 102 cm³/mol. The van der Waals surface area contributed by atoms with E-state index < -0.39 is 13.4 Å². The second-order valence-electron chi connectivity index (χ2n) is 5.35. The number of carbonyl (C=O) groups is 1. The summed E-state index contributed by atoms with van der Waals surface area (Å²) in [7, 11) is 2.01. The van der Waals surface area contributed by atoms with Crippen LogP contribution < -0.4 is 19.5 Å². The summed E-state index contributed by atoms with van der Waals surface area (Å²) in [6.07, 6.45) is 0. The van der Waals surface area contributed by atoms with Crippen LogP contribution in [0.2, 0.25) is 0 Å². The zero-order valence-corrected chi connectivity index (χ0v) is 16.9. The number of hydrogen-bond donors (Lipinski definition) is 0. The molecule has 0 fully saturated rings. The van der Waals surface area contributed by atoms with Crippen molar-refractivity contribution in [2.75, 3.05) is 35.0 Å². The van der Waals surface area contributed by atoms with Crippen LogP contribution >= 0.6 is 7.60 Å². The first-order valence-corrected chi connectivity index (χ1v) is 9.74. The number of methoxy groups -OCH3 is 3. The highest BCUT2D eigenvalue weighted by Crippen LogP contribution is 2.47. The molecule has 0 aromatic heterocycles. The minimum atomic E-state index is -3.65. The molecule has 0 aliphatic heterocycles. The summed E-state index contributed by atoms with van der Waals surface area (Å²) in [4.78, 5) is 13.4. The van der Waals surface area contributed by atoms with Crippen molar-refractivity contribution in [1.29, 1.82) is 0 Å². The minimum Gasteiger partial charge on any atom is -0.496 e. The average Bonchev–Trinajstić information content (AvgIpc) is 2.72. The largest absolute Gasteiger partial charge is 0.496 e. The molecule has 27 heavy (non-hydrogen) atoms. The van der Waals surface area contributed by atoms with Gasteiger partial charge in [-0.05, 0) is 13.0 Å². The van der Waals surface area contributed by atoms with Crippen LogP contribution in [0.15, 0.2) is 36.4 Å². The smallest absolute Gasteiger partial charge is 0.361 e. The van der Waals surface area contributed by atoms with Crippen LogP contribution in [0.4, 0.5) is 0 Å². The summed E-state index contributed by atoms with van der Waals surface area (Å²) in [6, 6.07) is 9.61. The lowest BCUT2D eigenvalue weighted by Gasteiger charge is -2.19. The van der Waals surface area contributed by atoms with Crippen molar-refractivity contribution in [3.8, 4) is 17.2 Å². The van der Waals surface area contributed by atoms with E-state index in [0.29, 0.717) is 5.75 Å². The lowest BCUT2D eigenvalue weighted by atomic mass is 10.0. The zero-order valence-electron chi connectivity index (χ0n) is 16.0. The van der Waals surface area contributed by atoms with Crippen molar-refractivity contribution in [2.24, 2.45) is 0 Å². The van der Waals surface area contributed by atoms with E-state index in [0.717, 1.165) is 0 Å². The molecule has 2 aromatic rings. The fourth-order valence-corrected chi connectivity index (χ4v) is 4.18. The number of benzene rings is 2. The number of rotatable bonds is 9. The molecule has 7 nitrogen and oxygen atoms in total. The maximum absolute atomic E-state index is 13.4. The van der Waals surface area contributed by atoms with Gasteiger partial charge in [-0.3, -0.25) is 9.36 Å². The van der Waals surface area contributed by atoms with E-state index in [4.69, 9.17) is 23.3 Å². The summed E-state index contributed by atoms with van der Waals surface area (Å²) in [5.41, 5.74) is 0.366. The van der Waals surface area contributed by atoms with Gasteiger partial charge in [-0.15, -0.1) is 0 Å². The van der Waals surface area contributed by atoms with Crippen LogP contribution in [-0.2, 0) is 13.6 Å². The molecule has 0 aliphatic rings. The normalized spacial score (nSPS) is 12.9. The maximum Gasteiger partial charge on any atom is 0.361 e. The minimum absolute atomic E-state index is 0.169. The summed E-state index contributed by atoms with van der Waals surface area (Å²) in [6.45, 7) is 1.87. The Morgan fingerprint density at radius 2 is 1.56 bits per heavy atom. The molecule has 0 heterocycles. The Balaban J connectivity index is 2.69. The van der Waals surface area contributed by atoms with E-state index in [1.807, 2.05) is 0 Å². The Bertz CT molecular complexity index is 838. The molecule has 146 valence electrons. The summed E-state index contributed by atoms with van der Waals surface area (Å²) in [5.74, 6) is 0.591. The number of hydrogen-bond acceptors (Lipinski definition) is 7. The number of ketones is 1. The third-order valence-corrected chi connectivity index (χ3v) is 5.98. The standard InChI is InChI=1S/C19H23O7P/c1-6-26-27(21,25-5)17-10-8-7-9-14(17)19(20)18-15(23-3)11-13(22-2)12-16(18)24-4/h7-12H,6H2,1-5H3. The topological polar surface area (TPSA) is 80.3 Å². The van der Waals surface area contributed by atoms with E-state index in [2.05, 4.69) is 0 Å². The van der Waals surface area contributed by atoms with Crippen LogP contribution in [0.25, 0.3) is 0 Å². The van der Waals surface area contributed by atoms with E-state index in [1.54, 1.807) is 43.3 Å². The molecule has 2 aromatic carbocycles. The molecular formula is C19H23O7P. The monoisotopic (exact) mass is 394 g/mol. The van der Waals surface area contributed by atoms with E-state index >= 15 is 0 Å². The van der Waals surface area contributed by atoms with Crippen molar-refractivity contribution in [3.05, 3.63) is 47.5 Å². The molecule has 0 saturated heterocycles. The van der Waals surface area contributed by atoms with Crippen LogP contribution in [0.5, 0.6) is 17.2 Å². The molecule has 8 heteroatoms. The van der Waals surface area contributed by atoms with Gasteiger partial charge in [-0.1, -0.05) is 18.2 Å². The summed E-state index contributed by atoms with van der Waals surface area (Å²) >= 11 is 0. The van der Waals surface area contributed by atoms with Gasteiger partial charge in [-0.25, -0.2) is 0 Å². The van der Waals surface area contributed by atoms with Gasteiger partial charge in [0.05, 0.1) is 33.2 Å². The molecule has 1 atom stereocenters. The lowest BCUT2D eigenvalue weighted by molar-refractivity contribution is 0.103. The molecule has 0 spiro atoms. The van der Waals surface area contributed by atoms with Crippen LogP contribution in [0, 0.1) is 0 Å². The highest BCUT2D eigenvalue weighted by Gasteiger charge is 2.33. The fraction of sp³-hybridized carbons (Fsp3) is 0.316. The van der Waals surface area contributed by atoms with Crippen molar-refractivity contribution >= 4 is 18.7 Å². The Hall–Kier alpha value is -2.34. The fourth-order valence-electron chi connectivity index (χ4n) is 2.66. The molecule has 0 radical (unpaired) electrons. The Kier molecular flexibility index (Phi) is 7.02. The van der Waals surface area contributed by atoms with Gasteiger partial charge in [0.15, 0.2) is 0 Å². The highest BCUT2D eigenvalue weighted by molar-refractivity contribution is 7.62. The molecule has 0 N–H and O–H groups in total. The molecule has 0 saturated carbocycles. The number of carbonyl (C=O) groups excluding carboxylic acids is 1. The van der Waals surface area contributed by atoms with E-state index in [-0.39, 0.29) is 34.5 Å². The van der Waals surface area contributed by atoms with Crippen molar-refractivity contribution in [3.63, 3.8) is 0 Å². The van der Waals surface area contributed by atoms with Gasteiger partial charge in [0.25, 0.3) is 0 Å². The molecule has 0 aliphatic carbocycles. The first-order chi connectivity index (χ1) is 12.9. The first-order valence-electron chi connectivity index (χ1n) is 8.20. The van der Waals surface area contributed by atoms with Gasteiger partial charge >= 0.3 is 7.60 Å². The molecule has 1 unspecified atom stereocenters. The van der Waals surface area contributed by atoms with Crippen molar-refractivity contribution in [1.82, 2.24) is 0 Å². The molecule has 2 rings (SSSR count). The van der Waals surface area contributed by atoms with Crippen molar-refractivity contribution in [2.45, 2.75) is 6.92 Å². The zero-order chi connectivity index (χ0) is 20.0. The van der Waals surface area contributed by atoms with Crippen LogP contribution in [0.1, 0.15) is 22.8 Å². The Morgan fingerprint density at radius 3 is 2.04 bits per heavy atom.